The second-order valence-electron chi connectivity index (χ2n) is 7.21. The maximum absolute atomic E-state index is 4.62. The minimum atomic E-state index is 0.847. The van der Waals surface area contributed by atoms with Gasteiger partial charge in [0.15, 0.2) is 5.65 Å². The van der Waals surface area contributed by atoms with E-state index in [1.165, 1.54) is 24.2 Å². The number of piperazine rings is 1. The van der Waals surface area contributed by atoms with E-state index in [2.05, 4.69) is 58.5 Å². The summed E-state index contributed by atoms with van der Waals surface area (Å²) < 4.78 is 1.90. The minimum Gasteiger partial charge on any atom is -0.369 e. The van der Waals surface area contributed by atoms with Crippen molar-refractivity contribution in [3.63, 3.8) is 0 Å². The summed E-state index contributed by atoms with van der Waals surface area (Å²) in [5.74, 6) is 0. The molecule has 0 aliphatic carbocycles. The third-order valence-electron chi connectivity index (χ3n) is 5.34. The van der Waals surface area contributed by atoms with Crippen LogP contribution in [0, 0.1) is 6.92 Å². The van der Waals surface area contributed by atoms with Crippen LogP contribution in [0.1, 0.15) is 24.6 Å². The number of aromatic nitrogens is 3. The molecule has 140 valence electrons. The molecule has 0 bridgehead atoms. The summed E-state index contributed by atoms with van der Waals surface area (Å²) in [6.45, 7) is 14.0. The molecule has 0 amide bonds. The van der Waals surface area contributed by atoms with Crippen molar-refractivity contribution in [1.82, 2.24) is 19.5 Å². The zero-order valence-corrected chi connectivity index (χ0v) is 16.2. The van der Waals surface area contributed by atoms with Crippen LogP contribution in [0.25, 0.3) is 23.0 Å². The summed E-state index contributed by atoms with van der Waals surface area (Å²) >= 11 is 0. The first kappa shape index (κ1) is 17.7. The Bertz CT molecular complexity index is 950. The van der Waals surface area contributed by atoms with Gasteiger partial charge in [-0.05, 0) is 55.8 Å². The molecule has 2 aromatic heterocycles. The van der Waals surface area contributed by atoms with Crippen LogP contribution in [0.2, 0.25) is 0 Å². The minimum absolute atomic E-state index is 0.847. The van der Waals surface area contributed by atoms with Crippen LogP contribution in [-0.2, 0) is 0 Å². The summed E-state index contributed by atoms with van der Waals surface area (Å²) in [6, 6.07) is 10.6. The van der Waals surface area contributed by atoms with Crippen molar-refractivity contribution < 1.29 is 0 Å². The van der Waals surface area contributed by atoms with E-state index in [9.17, 15) is 0 Å². The first-order valence-corrected chi connectivity index (χ1v) is 9.75. The van der Waals surface area contributed by atoms with Gasteiger partial charge in [-0.3, -0.25) is 4.90 Å². The predicted octanol–water partition coefficient (Wildman–Crippen LogP) is 3.88. The topological polar surface area (TPSA) is 36.7 Å². The standard InChI is InChI=1S/C22H27N5/c1-4-10-25-11-13-26(14-12-25)20-8-6-18(15-17(20)3)21-16-23-22-9-7-19(5-2)24-27(21)22/h5-9,15-16H,2,4,10-14H2,1,3H3. The second kappa shape index (κ2) is 7.53. The average molecular weight is 361 g/mol. The van der Waals surface area contributed by atoms with Crippen molar-refractivity contribution in [3.8, 4) is 11.3 Å². The van der Waals surface area contributed by atoms with Crippen LogP contribution < -0.4 is 4.90 Å². The zero-order valence-electron chi connectivity index (χ0n) is 16.2. The van der Waals surface area contributed by atoms with Gasteiger partial charge >= 0.3 is 0 Å². The number of hydrogen-bond acceptors (Lipinski definition) is 4. The van der Waals surface area contributed by atoms with Gasteiger partial charge in [0, 0.05) is 37.4 Å². The normalized spacial score (nSPS) is 15.4. The van der Waals surface area contributed by atoms with E-state index in [1.807, 2.05) is 22.8 Å². The molecule has 1 fully saturated rings. The molecular formula is C22H27N5. The summed E-state index contributed by atoms with van der Waals surface area (Å²) in [6.07, 6.45) is 4.89. The van der Waals surface area contributed by atoms with Gasteiger partial charge in [0.2, 0.25) is 0 Å². The number of anilines is 1. The third kappa shape index (κ3) is 3.47. The molecule has 3 heterocycles. The number of benzene rings is 1. The fraction of sp³-hybridized carbons (Fsp3) is 0.364. The van der Waals surface area contributed by atoms with Gasteiger partial charge in [-0.15, -0.1) is 0 Å². The van der Waals surface area contributed by atoms with Crippen molar-refractivity contribution in [3.05, 3.63) is 54.4 Å². The molecule has 0 unspecified atom stereocenters. The van der Waals surface area contributed by atoms with Crippen LogP contribution in [-0.4, -0.2) is 52.2 Å². The van der Waals surface area contributed by atoms with Crippen molar-refractivity contribution in [2.45, 2.75) is 20.3 Å². The monoisotopic (exact) mass is 361 g/mol. The fourth-order valence-corrected chi connectivity index (χ4v) is 3.89. The molecule has 0 radical (unpaired) electrons. The van der Waals surface area contributed by atoms with Crippen molar-refractivity contribution in [2.75, 3.05) is 37.6 Å². The molecule has 1 aliphatic rings. The van der Waals surface area contributed by atoms with Crippen molar-refractivity contribution in [1.29, 1.82) is 0 Å². The Hall–Kier alpha value is -2.66. The molecule has 0 saturated carbocycles. The summed E-state index contributed by atoms with van der Waals surface area (Å²) in [4.78, 5) is 9.55. The molecule has 3 aromatic rings. The molecule has 1 saturated heterocycles. The molecule has 1 aromatic carbocycles. The molecule has 27 heavy (non-hydrogen) atoms. The number of fused-ring (bicyclic) bond motifs is 1. The lowest BCUT2D eigenvalue weighted by atomic mass is 10.1. The smallest absolute Gasteiger partial charge is 0.154 e. The van der Waals surface area contributed by atoms with Crippen LogP contribution in [0.15, 0.2) is 43.1 Å². The molecule has 0 atom stereocenters. The molecule has 0 spiro atoms. The van der Waals surface area contributed by atoms with E-state index in [0.29, 0.717) is 0 Å². The molecular weight excluding hydrogens is 334 g/mol. The van der Waals surface area contributed by atoms with E-state index < -0.39 is 0 Å². The Labute approximate surface area is 160 Å². The van der Waals surface area contributed by atoms with E-state index >= 15 is 0 Å². The second-order valence-corrected chi connectivity index (χ2v) is 7.21. The summed E-state index contributed by atoms with van der Waals surface area (Å²) in [5.41, 5.74) is 6.48. The Balaban J connectivity index is 1.60. The first-order valence-electron chi connectivity index (χ1n) is 9.75. The Kier molecular flexibility index (Phi) is 4.94. The quantitative estimate of drug-likeness (QED) is 0.691. The number of hydrogen-bond donors (Lipinski definition) is 0. The highest BCUT2D eigenvalue weighted by Gasteiger charge is 2.18. The molecule has 4 rings (SSSR count). The van der Waals surface area contributed by atoms with Gasteiger partial charge in [-0.2, -0.15) is 5.10 Å². The highest BCUT2D eigenvalue weighted by Crippen LogP contribution is 2.28. The van der Waals surface area contributed by atoms with Crippen molar-refractivity contribution in [2.24, 2.45) is 0 Å². The number of rotatable bonds is 5. The van der Waals surface area contributed by atoms with Crippen LogP contribution in [0.3, 0.4) is 0 Å². The molecule has 5 nitrogen and oxygen atoms in total. The Morgan fingerprint density at radius 3 is 2.63 bits per heavy atom. The largest absolute Gasteiger partial charge is 0.369 e. The van der Waals surface area contributed by atoms with E-state index in [-0.39, 0.29) is 0 Å². The van der Waals surface area contributed by atoms with Crippen LogP contribution in [0.5, 0.6) is 0 Å². The Morgan fingerprint density at radius 2 is 1.93 bits per heavy atom. The lowest BCUT2D eigenvalue weighted by molar-refractivity contribution is 0.258. The predicted molar refractivity (Wildman–Crippen MR) is 112 cm³/mol. The van der Waals surface area contributed by atoms with Gasteiger partial charge in [0.05, 0.1) is 17.6 Å². The van der Waals surface area contributed by atoms with Crippen LogP contribution >= 0.6 is 0 Å². The maximum Gasteiger partial charge on any atom is 0.154 e. The summed E-state index contributed by atoms with van der Waals surface area (Å²) in [7, 11) is 0. The molecule has 0 N–H and O–H groups in total. The van der Waals surface area contributed by atoms with Gasteiger partial charge in [0.1, 0.15) is 0 Å². The SMILES string of the molecule is C=Cc1ccc2ncc(-c3ccc(N4CCN(CCC)CC4)c(C)c3)n2n1. The van der Waals surface area contributed by atoms with E-state index in [0.717, 1.165) is 48.8 Å². The van der Waals surface area contributed by atoms with Gasteiger partial charge < -0.3 is 4.90 Å². The zero-order chi connectivity index (χ0) is 18.8. The average Bonchev–Trinajstić information content (AvgIpc) is 3.12. The Morgan fingerprint density at radius 1 is 1.11 bits per heavy atom. The third-order valence-corrected chi connectivity index (χ3v) is 5.34. The van der Waals surface area contributed by atoms with Gasteiger partial charge in [-0.1, -0.05) is 19.6 Å². The number of nitrogens with zero attached hydrogens (tertiary/aromatic N) is 5. The molecule has 5 heteroatoms. The van der Waals surface area contributed by atoms with Crippen molar-refractivity contribution >= 4 is 17.4 Å². The van der Waals surface area contributed by atoms with E-state index in [1.54, 1.807) is 6.08 Å². The number of aryl methyl sites for hydroxylation is 1. The lowest BCUT2D eigenvalue weighted by Crippen LogP contribution is -2.46. The molecule has 1 aliphatic heterocycles. The first-order chi connectivity index (χ1) is 13.2. The van der Waals surface area contributed by atoms with E-state index in [4.69, 9.17) is 0 Å². The maximum atomic E-state index is 4.62. The van der Waals surface area contributed by atoms with Crippen LogP contribution in [0.4, 0.5) is 5.69 Å². The highest BCUT2D eigenvalue weighted by atomic mass is 15.3. The lowest BCUT2D eigenvalue weighted by Gasteiger charge is -2.36. The fourth-order valence-electron chi connectivity index (χ4n) is 3.89. The van der Waals surface area contributed by atoms with Gasteiger partial charge in [0.25, 0.3) is 0 Å². The summed E-state index contributed by atoms with van der Waals surface area (Å²) in [5, 5.41) is 4.62. The number of imidazole rings is 1. The highest BCUT2D eigenvalue weighted by molar-refractivity contribution is 5.68. The van der Waals surface area contributed by atoms with Gasteiger partial charge in [-0.25, -0.2) is 9.50 Å².